The average molecular weight is 576 g/mol. The zero-order chi connectivity index (χ0) is 27.1. The van der Waals surface area contributed by atoms with Crippen LogP contribution in [0.5, 0.6) is 0 Å². The molecule has 0 bridgehead atoms. The van der Waals surface area contributed by atoms with E-state index in [2.05, 4.69) is 5.32 Å². The lowest BCUT2D eigenvalue weighted by Crippen LogP contribution is -2.49. The van der Waals surface area contributed by atoms with Crippen molar-refractivity contribution in [2.75, 3.05) is 18.1 Å². The van der Waals surface area contributed by atoms with Crippen LogP contribution in [0.25, 0.3) is 0 Å². The molecule has 7 nitrogen and oxygen atoms in total. The van der Waals surface area contributed by atoms with E-state index in [0.717, 1.165) is 23.6 Å². The van der Waals surface area contributed by atoms with Crippen molar-refractivity contribution in [3.05, 3.63) is 68.7 Å². The second kappa shape index (κ2) is 10.5. The third-order valence-electron chi connectivity index (χ3n) is 6.21. The lowest BCUT2D eigenvalue weighted by atomic mass is 9.85. The van der Waals surface area contributed by atoms with Crippen LogP contribution in [0.3, 0.4) is 0 Å². The molecule has 0 radical (unpaired) electrons. The van der Waals surface area contributed by atoms with Crippen molar-refractivity contribution in [1.82, 2.24) is 10.4 Å². The summed E-state index contributed by atoms with van der Waals surface area (Å²) in [7, 11) is 0. The highest BCUT2D eigenvalue weighted by Crippen LogP contribution is 2.44. The molecule has 2 heterocycles. The van der Waals surface area contributed by atoms with Gasteiger partial charge in [-0.25, -0.2) is 5.06 Å². The van der Waals surface area contributed by atoms with E-state index in [0.29, 0.717) is 5.56 Å². The van der Waals surface area contributed by atoms with E-state index in [4.69, 9.17) is 33.4 Å². The predicted octanol–water partition coefficient (Wildman–Crippen LogP) is 4.50. The van der Waals surface area contributed by atoms with Crippen molar-refractivity contribution in [2.24, 2.45) is 0 Å². The van der Waals surface area contributed by atoms with Gasteiger partial charge in [0.05, 0.1) is 6.04 Å². The molecule has 2 aliphatic heterocycles. The maximum Gasteiger partial charge on any atom is 0.421 e. The van der Waals surface area contributed by atoms with Gasteiger partial charge in [0, 0.05) is 39.2 Å². The number of hydrogen-bond donors (Lipinski definition) is 3. The molecule has 2 aromatic carbocycles. The molecule has 2 aromatic rings. The van der Waals surface area contributed by atoms with Crippen LogP contribution in [0.15, 0.2) is 36.4 Å². The maximum atomic E-state index is 14.0. The minimum absolute atomic E-state index is 0.00952. The van der Waals surface area contributed by atoms with Gasteiger partial charge in [0.25, 0.3) is 11.8 Å². The fourth-order valence-electron chi connectivity index (χ4n) is 4.05. The Kier molecular flexibility index (Phi) is 7.83. The van der Waals surface area contributed by atoms with Crippen LogP contribution in [-0.4, -0.2) is 64.1 Å². The first-order valence-electron chi connectivity index (χ1n) is 11.1. The van der Waals surface area contributed by atoms with Crippen molar-refractivity contribution in [2.45, 2.75) is 37.2 Å². The standard InChI is InChI=1S/C24H22Cl2F3N3O4S/c1-12-4-13(19(30)8-23(35,24(27,28)29)14-5-15(25)7-16(26)6-14)2-3-18(12)21(33)31-20-9-36-32(22(20)34)17-10-37-11-17/h2-7,17,20,30,35H,8-11H2,1H3,(H,31,33)/t20-,23?/m1/s1. The van der Waals surface area contributed by atoms with Gasteiger partial charge in [0.2, 0.25) is 0 Å². The second-order valence-corrected chi connectivity index (χ2v) is 10.8. The predicted molar refractivity (Wildman–Crippen MR) is 134 cm³/mol. The lowest BCUT2D eigenvalue weighted by molar-refractivity contribution is -0.263. The van der Waals surface area contributed by atoms with Crippen LogP contribution in [0.1, 0.15) is 33.5 Å². The van der Waals surface area contributed by atoms with Gasteiger partial charge < -0.3 is 15.8 Å². The number of carbonyl (C=O) groups is 2. The highest BCUT2D eigenvalue weighted by atomic mass is 35.5. The van der Waals surface area contributed by atoms with E-state index in [1.807, 2.05) is 0 Å². The summed E-state index contributed by atoms with van der Waals surface area (Å²) >= 11 is 13.4. The van der Waals surface area contributed by atoms with E-state index >= 15 is 0 Å². The highest BCUT2D eigenvalue weighted by molar-refractivity contribution is 8.00. The van der Waals surface area contributed by atoms with Gasteiger partial charge in [0.15, 0.2) is 5.60 Å². The zero-order valence-electron chi connectivity index (χ0n) is 19.4. The van der Waals surface area contributed by atoms with Crippen LogP contribution < -0.4 is 5.32 Å². The molecule has 1 unspecified atom stereocenters. The molecule has 198 valence electrons. The Morgan fingerprint density at radius 3 is 2.41 bits per heavy atom. The third kappa shape index (κ3) is 5.61. The zero-order valence-corrected chi connectivity index (χ0v) is 21.7. The van der Waals surface area contributed by atoms with Crippen molar-refractivity contribution in [3.63, 3.8) is 0 Å². The van der Waals surface area contributed by atoms with Crippen molar-refractivity contribution in [3.8, 4) is 0 Å². The molecule has 2 amide bonds. The number of benzene rings is 2. The van der Waals surface area contributed by atoms with E-state index in [1.54, 1.807) is 18.7 Å². The molecule has 37 heavy (non-hydrogen) atoms. The maximum absolute atomic E-state index is 14.0. The molecule has 0 aliphatic carbocycles. The Bertz CT molecular complexity index is 1240. The van der Waals surface area contributed by atoms with Gasteiger partial charge in [-0.3, -0.25) is 14.4 Å². The van der Waals surface area contributed by atoms with Crippen LogP contribution in [0.4, 0.5) is 13.2 Å². The van der Waals surface area contributed by atoms with E-state index < -0.39 is 41.4 Å². The van der Waals surface area contributed by atoms with Gasteiger partial charge in [-0.15, -0.1) is 0 Å². The summed E-state index contributed by atoms with van der Waals surface area (Å²) in [5.74, 6) is 0.657. The highest BCUT2D eigenvalue weighted by Gasteiger charge is 2.55. The number of halogens is 5. The normalized spacial score (nSPS) is 19.9. The second-order valence-electron chi connectivity index (χ2n) is 8.88. The minimum atomic E-state index is -5.13. The number of aliphatic hydroxyl groups is 1. The summed E-state index contributed by atoms with van der Waals surface area (Å²) in [4.78, 5) is 30.8. The number of nitrogens with one attached hydrogen (secondary N) is 2. The van der Waals surface area contributed by atoms with Crippen molar-refractivity contribution >= 4 is 52.5 Å². The molecule has 13 heteroatoms. The van der Waals surface area contributed by atoms with Gasteiger partial charge >= 0.3 is 6.18 Å². The van der Waals surface area contributed by atoms with Gasteiger partial charge in [0.1, 0.15) is 12.6 Å². The van der Waals surface area contributed by atoms with E-state index in [1.165, 1.54) is 29.3 Å². The Labute approximate surface area is 224 Å². The molecule has 2 fully saturated rings. The van der Waals surface area contributed by atoms with E-state index in [-0.39, 0.29) is 39.7 Å². The number of alkyl halides is 3. The Morgan fingerprint density at radius 1 is 1.22 bits per heavy atom. The first-order chi connectivity index (χ1) is 17.3. The molecule has 0 spiro atoms. The minimum Gasteiger partial charge on any atom is -0.376 e. The topological polar surface area (TPSA) is 103 Å². The van der Waals surface area contributed by atoms with Gasteiger partial charge in [-0.2, -0.15) is 24.9 Å². The monoisotopic (exact) mass is 575 g/mol. The number of hydrogen-bond acceptors (Lipinski definition) is 6. The molecule has 4 rings (SSSR count). The smallest absolute Gasteiger partial charge is 0.376 e. The summed E-state index contributed by atoms with van der Waals surface area (Å²) in [5.41, 5.74) is -3.88. The molecule has 2 atom stereocenters. The number of aryl methyl sites for hydroxylation is 1. The largest absolute Gasteiger partial charge is 0.421 e. The molecule has 0 aromatic heterocycles. The molecule has 0 saturated carbocycles. The number of rotatable bonds is 7. The molecule has 2 aliphatic rings. The van der Waals surface area contributed by atoms with Crippen LogP contribution in [0, 0.1) is 12.3 Å². The first-order valence-corrected chi connectivity index (χ1v) is 13.0. The van der Waals surface area contributed by atoms with Gasteiger partial charge in [-0.05, 0) is 53.9 Å². The number of thioether (sulfide) groups is 1. The lowest BCUT2D eigenvalue weighted by Gasteiger charge is -2.32. The number of nitrogens with zero attached hydrogens (tertiary/aromatic N) is 1. The summed E-state index contributed by atoms with van der Waals surface area (Å²) in [5, 5.41) is 22.7. The van der Waals surface area contributed by atoms with Crippen LogP contribution >= 0.6 is 35.0 Å². The number of carbonyl (C=O) groups excluding carboxylic acids is 2. The third-order valence-corrected chi connectivity index (χ3v) is 7.89. The molecule has 3 N–H and O–H groups in total. The van der Waals surface area contributed by atoms with E-state index in [9.17, 15) is 27.9 Å². The Balaban J connectivity index is 1.50. The van der Waals surface area contributed by atoms with Crippen LogP contribution in [-0.2, 0) is 15.2 Å². The Hall–Kier alpha value is -2.31. The molecular weight excluding hydrogens is 554 g/mol. The molecular formula is C24H22Cl2F3N3O4S. The summed E-state index contributed by atoms with van der Waals surface area (Å²) in [6, 6.07) is 6.33. The fourth-order valence-corrected chi connectivity index (χ4v) is 5.29. The first kappa shape index (κ1) is 27.7. The SMILES string of the molecule is Cc1cc(C(=N)CC(O)(c2cc(Cl)cc(Cl)c2)C(F)(F)F)ccc1C(=O)N[C@@H]1CON(C2CSC2)C1=O. The molecule has 2 saturated heterocycles. The summed E-state index contributed by atoms with van der Waals surface area (Å²) in [6.07, 6.45) is -6.24. The van der Waals surface area contributed by atoms with Crippen molar-refractivity contribution < 1.29 is 32.7 Å². The van der Waals surface area contributed by atoms with Crippen LogP contribution in [0.2, 0.25) is 10.0 Å². The number of hydroxylamine groups is 2. The quantitative estimate of drug-likeness (QED) is 0.422. The van der Waals surface area contributed by atoms with Gasteiger partial charge in [-0.1, -0.05) is 29.3 Å². The fraction of sp³-hybridized carbons (Fsp3) is 0.375. The number of amides is 2. The summed E-state index contributed by atoms with van der Waals surface area (Å²) < 4.78 is 41.9. The average Bonchev–Trinajstić information content (AvgIpc) is 3.10. The summed E-state index contributed by atoms with van der Waals surface area (Å²) in [6.45, 7) is 1.57. The Morgan fingerprint density at radius 2 is 1.86 bits per heavy atom. The van der Waals surface area contributed by atoms with Crippen molar-refractivity contribution in [1.29, 1.82) is 5.41 Å².